The Morgan fingerprint density at radius 1 is 1.17 bits per heavy atom. The van der Waals surface area contributed by atoms with Crippen molar-refractivity contribution in [3.8, 4) is 0 Å². The van der Waals surface area contributed by atoms with Crippen molar-refractivity contribution in [1.82, 2.24) is 0 Å². The standard InChI is InChI=1S/Au.H2O4S/c;1-5(2,3)4/h;(H2,1,2,3,4)/p-2. The van der Waals surface area contributed by atoms with E-state index >= 15 is 0 Å². The average molecular weight is 293 g/mol. The maximum absolute atomic E-state index is 8.52. The number of hydrogen-bond donors (Lipinski definition) is 0. The molecule has 0 atom stereocenters. The van der Waals surface area contributed by atoms with Crippen LogP contribution in [-0.2, 0) is 32.8 Å². The fourth-order valence-electron chi connectivity index (χ4n) is 0. The maximum atomic E-state index is 8.52. The summed E-state index contributed by atoms with van der Waals surface area (Å²) >= 11 is 0. The Kier molecular flexibility index (Phi) is 4.45. The molecule has 0 aliphatic rings. The van der Waals surface area contributed by atoms with Gasteiger partial charge in [-0.25, -0.2) is 0 Å². The summed E-state index contributed by atoms with van der Waals surface area (Å²) in [5, 5.41) is 0. The van der Waals surface area contributed by atoms with Crippen molar-refractivity contribution >= 4 is 10.4 Å². The van der Waals surface area contributed by atoms with Crippen LogP contribution in [0.1, 0.15) is 0 Å². The molecule has 0 aromatic rings. The smallest absolute Gasteiger partial charge is 0.0311 e. The van der Waals surface area contributed by atoms with Crippen LogP contribution in [0, 0.1) is 0 Å². The zero-order valence-corrected chi connectivity index (χ0v) is 5.33. The van der Waals surface area contributed by atoms with Crippen molar-refractivity contribution < 1.29 is 39.9 Å². The molecule has 0 rings (SSSR count). The molecule has 6 heteroatoms. The summed E-state index contributed by atoms with van der Waals surface area (Å²) in [4.78, 5) is 0. The van der Waals surface area contributed by atoms with Gasteiger partial charge in [0.2, 0.25) is 0 Å². The Bertz CT molecular complexity index is 90.7. The fraction of sp³-hybridized carbons (Fsp3) is 0. The minimum absolute atomic E-state index is 0. The molecule has 0 amide bonds. The molecule has 0 saturated carbocycles. The van der Waals surface area contributed by atoms with E-state index in [0.717, 1.165) is 0 Å². The van der Waals surface area contributed by atoms with Gasteiger partial charge in [-0.1, -0.05) is 0 Å². The van der Waals surface area contributed by atoms with Crippen LogP contribution in [0.5, 0.6) is 0 Å². The van der Waals surface area contributed by atoms with Crippen LogP contribution in [0.15, 0.2) is 0 Å². The van der Waals surface area contributed by atoms with Crippen molar-refractivity contribution in [2.45, 2.75) is 0 Å². The second-order valence-electron chi connectivity index (χ2n) is 0.408. The second-order valence-corrected chi connectivity index (χ2v) is 1.22. The van der Waals surface area contributed by atoms with Crippen LogP contribution in [0.4, 0.5) is 0 Å². The molecule has 1 radical (unpaired) electrons. The van der Waals surface area contributed by atoms with E-state index in [0.29, 0.717) is 0 Å². The zero-order valence-electron chi connectivity index (χ0n) is 2.34. The predicted molar refractivity (Wildman–Crippen MR) is 10.5 cm³/mol. The van der Waals surface area contributed by atoms with Crippen LogP contribution in [0.25, 0.3) is 0 Å². The summed E-state index contributed by atoms with van der Waals surface area (Å²) in [7, 11) is -5.17. The third-order valence-corrected chi connectivity index (χ3v) is 0. The van der Waals surface area contributed by atoms with Crippen molar-refractivity contribution in [1.29, 1.82) is 0 Å². The molecule has 0 aromatic carbocycles. The van der Waals surface area contributed by atoms with Gasteiger partial charge in [0.1, 0.15) is 0 Å². The average Bonchev–Trinajstić information content (AvgIpc) is 0.722. The molecular weight excluding hydrogens is 293 g/mol. The predicted octanol–water partition coefficient (Wildman–Crippen LogP) is -1.34. The van der Waals surface area contributed by atoms with Gasteiger partial charge in [0, 0.05) is 32.8 Å². The van der Waals surface area contributed by atoms with E-state index in [1.165, 1.54) is 0 Å². The van der Waals surface area contributed by atoms with E-state index in [9.17, 15) is 0 Å². The first-order valence-electron chi connectivity index (χ1n) is 0.667. The van der Waals surface area contributed by atoms with E-state index < -0.39 is 10.4 Å². The minimum Gasteiger partial charge on any atom is -0.759 e. The normalized spacial score (nSPS) is 9.67. The van der Waals surface area contributed by atoms with Gasteiger partial charge in [-0.15, -0.1) is 0 Å². The van der Waals surface area contributed by atoms with E-state index in [1.807, 2.05) is 0 Å². The molecule has 0 N–H and O–H groups in total. The van der Waals surface area contributed by atoms with Crippen LogP contribution in [0.2, 0.25) is 0 Å². The van der Waals surface area contributed by atoms with Crippen LogP contribution >= 0.6 is 0 Å². The third-order valence-electron chi connectivity index (χ3n) is 0. The molecule has 0 heterocycles. The summed E-state index contributed by atoms with van der Waals surface area (Å²) in [6.45, 7) is 0. The van der Waals surface area contributed by atoms with Gasteiger partial charge in [-0.05, 0) is 0 Å². The SMILES string of the molecule is O=S(=O)([O-])[O-].[Au]. The summed E-state index contributed by atoms with van der Waals surface area (Å²) in [5.74, 6) is 0. The molecule has 0 unspecified atom stereocenters. The van der Waals surface area contributed by atoms with Gasteiger partial charge in [0.25, 0.3) is 0 Å². The Labute approximate surface area is 50.6 Å². The molecule has 43 valence electrons. The quantitative estimate of drug-likeness (QED) is 0.314. The van der Waals surface area contributed by atoms with Crippen LogP contribution < -0.4 is 0 Å². The van der Waals surface area contributed by atoms with Gasteiger partial charge >= 0.3 is 0 Å². The van der Waals surface area contributed by atoms with Gasteiger partial charge in [-0.2, -0.15) is 0 Å². The summed E-state index contributed by atoms with van der Waals surface area (Å²) in [6, 6.07) is 0. The Morgan fingerprint density at radius 2 is 1.17 bits per heavy atom. The van der Waals surface area contributed by atoms with Gasteiger partial charge < -0.3 is 9.11 Å². The molecule has 0 spiro atoms. The summed E-state index contributed by atoms with van der Waals surface area (Å²) in [6.07, 6.45) is 0. The van der Waals surface area contributed by atoms with E-state index in [1.54, 1.807) is 0 Å². The number of hydrogen-bond acceptors (Lipinski definition) is 4. The fourth-order valence-corrected chi connectivity index (χ4v) is 0. The second kappa shape index (κ2) is 2.73. The summed E-state index contributed by atoms with van der Waals surface area (Å²) < 4.78 is 34.1. The van der Waals surface area contributed by atoms with Crippen LogP contribution in [-0.4, -0.2) is 17.5 Å². The summed E-state index contributed by atoms with van der Waals surface area (Å²) in [5.41, 5.74) is 0. The first kappa shape index (κ1) is 9.79. The van der Waals surface area contributed by atoms with Gasteiger partial charge in [0.15, 0.2) is 0 Å². The van der Waals surface area contributed by atoms with E-state index in [2.05, 4.69) is 0 Å². The molecular formula is AuO4S-2. The maximum Gasteiger partial charge on any atom is 0.0311 e. The topological polar surface area (TPSA) is 80.3 Å². The van der Waals surface area contributed by atoms with Crippen LogP contribution in [0.3, 0.4) is 0 Å². The molecule has 0 fully saturated rings. The molecule has 0 aromatic heterocycles. The third kappa shape index (κ3) is 161. The molecule has 0 aliphatic heterocycles. The monoisotopic (exact) mass is 293 g/mol. The Morgan fingerprint density at radius 3 is 1.17 bits per heavy atom. The minimum atomic E-state index is -5.17. The molecule has 4 nitrogen and oxygen atoms in total. The van der Waals surface area contributed by atoms with Crippen molar-refractivity contribution in [2.24, 2.45) is 0 Å². The van der Waals surface area contributed by atoms with E-state index in [4.69, 9.17) is 17.5 Å². The van der Waals surface area contributed by atoms with Gasteiger partial charge in [-0.3, -0.25) is 8.42 Å². The zero-order chi connectivity index (χ0) is 4.50. The van der Waals surface area contributed by atoms with Crippen molar-refractivity contribution in [3.63, 3.8) is 0 Å². The first-order chi connectivity index (χ1) is 2.00. The molecule has 6 heavy (non-hydrogen) atoms. The number of rotatable bonds is 0. The largest absolute Gasteiger partial charge is 0.759 e. The molecule has 0 bridgehead atoms. The first-order valence-corrected chi connectivity index (χ1v) is 2.00. The Hall–Kier alpha value is 0.610. The van der Waals surface area contributed by atoms with Crippen molar-refractivity contribution in [3.05, 3.63) is 0 Å². The molecule has 0 aliphatic carbocycles. The van der Waals surface area contributed by atoms with Gasteiger partial charge in [0.05, 0.1) is 0 Å². The van der Waals surface area contributed by atoms with Crippen molar-refractivity contribution in [2.75, 3.05) is 0 Å². The molecule has 0 saturated heterocycles. The van der Waals surface area contributed by atoms with E-state index in [-0.39, 0.29) is 22.4 Å². The Balaban J connectivity index is 0.